The lowest BCUT2D eigenvalue weighted by Crippen LogP contribution is -2.28. The van der Waals surface area contributed by atoms with Gasteiger partial charge in [-0.3, -0.25) is 9.59 Å². The van der Waals surface area contributed by atoms with E-state index in [0.29, 0.717) is 6.54 Å². The highest BCUT2D eigenvalue weighted by atomic mass is 16.5. The second-order valence-electron chi connectivity index (χ2n) is 5.48. The summed E-state index contributed by atoms with van der Waals surface area (Å²) >= 11 is 0. The van der Waals surface area contributed by atoms with Crippen molar-refractivity contribution in [3.8, 4) is 0 Å². The Morgan fingerprint density at radius 2 is 1.71 bits per heavy atom. The number of hydrogen-bond donors (Lipinski definition) is 2. The van der Waals surface area contributed by atoms with E-state index < -0.39 is 0 Å². The Balaban J connectivity index is 2.41. The van der Waals surface area contributed by atoms with E-state index >= 15 is 0 Å². The Morgan fingerprint density at radius 1 is 1.10 bits per heavy atom. The highest BCUT2D eigenvalue weighted by molar-refractivity contribution is 5.92. The minimum Gasteiger partial charge on any atom is -0.369 e. The molecule has 116 valence electrons. The van der Waals surface area contributed by atoms with Crippen LogP contribution in [0.15, 0.2) is 24.3 Å². The van der Waals surface area contributed by atoms with Gasteiger partial charge < -0.3 is 15.4 Å². The Morgan fingerprint density at radius 3 is 2.24 bits per heavy atom. The third-order valence-corrected chi connectivity index (χ3v) is 2.78. The van der Waals surface area contributed by atoms with Crippen molar-refractivity contribution in [2.24, 2.45) is 5.92 Å². The zero-order valence-electron chi connectivity index (χ0n) is 13.1. The van der Waals surface area contributed by atoms with Crippen LogP contribution in [0.4, 0.5) is 5.69 Å². The Hall–Kier alpha value is -1.88. The molecular formula is C16H24N2O3. The predicted octanol–water partition coefficient (Wildman–Crippen LogP) is 2.32. The van der Waals surface area contributed by atoms with Gasteiger partial charge in [-0.05, 0) is 31.5 Å². The Kier molecular flexibility index (Phi) is 6.88. The van der Waals surface area contributed by atoms with Gasteiger partial charge in [-0.2, -0.15) is 0 Å². The molecule has 5 nitrogen and oxygen atoms in total. The second-order valence-corrected chi connectivity index (χ2v) is 5.48. The van der Waals surface area contributed by atoms with Gasteiger partial charge in [0.2, 0.25) is 11.8 Å². The molecule has 0 aliphatic carbocycles. The topological polar surface area (TPSA) is 67.4 Å². The number of amides is 2. The molecule has 0 saturated carbocycles. The van der Waals surface area contributed by atoms with Crippen molar-refractivity contribution in [1.29, 1.82) is 0 Å². The molecule has 21 heavy (non-hydrogen) atoms. The molecule has 0 spiro atoms. The number of benzene rings is 1. The van der Waals surface area contributed by atoms with Crippen LogP contribution in [-0.2, 0) is 20.9 Å². The predicted molar refractivity (Wildman–Crippen MR) is 82.8 cm³/mol. The van der Waals surface area contributed by atoms with E-state index in [0.717, 1.165) is 11.3 Å². The third-order valence-electron chi connectivity index (χ3n) is 2.78. The minimum atomic E-state index is -0.138. The van der Waals surface area contributed by atoms with Gasteiger partial charge in [0.15, 0.2) is 0 Å². The van der Waals surface area contributed by atoms with Gasteiger partial charge in [0.25, 0.3) is 0 Å². The van der Waals surface area contributed by atoms with Gasteiger partial charge in [0.05, 0.1) is 6.10 Å². The number of nitrogens with one attached hydrogen (secondary N) is 2. The van der Waals surface area contributed by atoms with Crippen molar-refractivity contribution in [2.45, 2.75) is 40.3 Å². The lowest BCUT2D eigenvalue weighted by Gasteiger charge is -2.10. The van der Waals surface area contributed by atoms with E-state index in [4.69, 9.17) is 4.74 Å². The summed E-state index contributed by atoms with van der Waals surface area (Å²) in [6.07, 6.45) is 0.0413. The summed E-state index contributed by atoms with van der Waals surface area (Å²) < 4.78 is 5.22. The molecule has 2 amide bonds. The van der Waals surface area contributed by atoms with E-state index in [1.54, 1.807) is 0 Å². The van der Waals surface area contributed by atoms with Crippen LogP contribution in [0.2, 0.25) is 0 Å². The van der Waals surface area contributed by atoms with E-state index in [1.807, 2.05) is 52.0 Å². The van der Waals surface area contributed by atoms with Crippen LogP contribution in [0.25, 0.3) is 0 Å². The number of hydrogen-bond acceptors (Lipinski definition) is 3. The van der Waals surface area contributed by atoms with Crippen LogP contribution in [0, 0.1) is 5.92 Å². The van der Waals surface area contributed by atoms with E-state index in [1.165, 1.54) is 0 Å². The van der Waals surface area contributed by atoms with E-state index in [9.17, 15) is 9.59 Å². The van der Waals surface area contributed by atoms with Crippen LogP contribution in [-0.4, -0.2) is 24.5 Å². The normalized spacial score (nSPS) is 10.8. The molecule has 2 N–H and O–H groups in total. The number of anilines is 1. The summed E-state index contributed by atoms with van der Waals surface area (Å²) in [7, 11) is 0. The second kappa shape index (κ2) is 8.42. The van der Waals surface area contributed by atoms with Gasteiger partial charge in [0, 0.05) is 18.2 Å². The monoisotopic (exact) mass is 292 g/mol. The highest BCUT2D eigenvalue weighted by Crippen LogP contribution is 2.10. The molecule has 0 aliphatic rings. The van der Waals surface area contributed by atoms with Crippen LogP contribution < -0.4 is 10.6 Å². The number of carbonyl (C=O) groups excluding carboxylic acids is 2. The van der Waals surface area contributed by atoms with Crippen molar-refractivity contribution in [1.82, 2.24) is 5.32 Å². The van der Waals surface area contributed by atoms with Gasteiger partial charge in [-0.15, -0.1) is 0 Å². The smallest absolute Gasteiger partial charge is 0.246 e. The molecule has 0 atom stereocenters. The zero-order chi connectivity index (χ0) is 15.8. The average molecular weight is 292 g/mol. The number of rotatable bonds is 7. The molecule has 1 aromatic carbocycles. The summed E-state index contributed by atoms with van der Waals surface area (Å²) in [5, 5.41) is 5.60. The third kappa shape index (κ3) is 6.90. The average Bonchev–Trinajstić information content (AvgIpc) is 2.44. The Bertz CT molecular complexity index is 467. The maximum Gasteiger partial charge on any atom is 0.246 e. The van der Waals surface area contributed by atoms with Crippen LogP contribution >= 0.6 is 0 Å². The summed E-state index contributed by atoms with van der Waals surface area (Å²) in [6.45, 7) is 7.98. The summed E-state index contributed by atoms with van der Waals surface area (Å²) in [6, 6.07) is 7.40. The van der Waals surface area contributed by atoms with Gasteiger partial charge in [-0.25, -0.2) is 0 Å². The van der Waals surface area contributed by atoms with Crippen LogP contribution in [0.3, 0.4) is 0 Å². The molecule has 1 aromatic rings. The largest absolute Gasteiger partial charge is 0.369 e. The molecular weight excluding hydrogens is 268 g/mol. The van der Waals surface area contributed by atoms with Crippen molar-refractivity contribution < 1.29 is 14.3 Å². The molecule has 0 radical (unpaired) electrons. The maximum absolute atomic E-state index is 11.6. The fraction of sp³-hybridized carbons (Fsp3) is 0.500. The highest BCUT2D eigenvalue weighted by Gasteiger charge is 2.07. The lowest BCUT2D eigenvalue weighted by atomic mass is 10.1. The molecule has 0 saturated heterocycles. The summed E-state index contributed by atoms with van der Waals surface area (Å²) in [4.78, 5) is 23.1. The molecule has 0 heterocycles. The van der Waals surface area contributed by atoms with Crippen molar-refractivity contribution in [3.63, 3.8) is 0 Å². The van der Waals surface area contributed by atoms with E-state index in [2.05, 4.69) is 10.6 Å². The van der Waals surface area contributed by atoms with Crippen LogP contribution in [0.1, 0.15) is 33.3 Å². The van der Waals surface area contributed by atoms with Gasteiger partial charge in [0.1, 0.15) is 6.61 Å². The molecule has 0 aliphatic heterocycles. The molecule has 1 rings (SSSR count). The quantitative estimate of drug-likeness (QED) is 0.810. The summed E-state index contributed by atoms with van der Waals surface area (Å²) in [5.41, 5.74) is 1.72. The van der Waals surface area contributed by atoms with Crippen molar-refractivity contribution in [2.75, 3.05) is 11.9 Å². The first-order valence-corrected chi connectivity index (χ1v) is 7.16. The maximum atomic E-state index is 11.6. The van der Waals surface area contributed by atoms with E-state index in [-0.39, 0.29) is 30.4 Å². The number of ether oxygens (including phenoxy) is 1. The fourth-order valence-electron chi connectivity index (χ4n) is 1.49. The first kappa shape index (κ1) is 17.2. The van der Waals surface area contributed by atoms with Crippen molar-refractivity contribution in [3.05, 3.63) is 29.8 Å². The zero-order valence-corrected chi connectivity index (χ0v) is 13.1. The molecule has 0 aromatic heterocycles. The molecule has 0 unspecified atom stereocenters. The Labute approximate surface area is 126 Å². The molecule has 0 bridgehead atoms. The SMILES string of the molecule is CC(C)OCC(=O)NCc1ccc(NC(=O)C(C)C)cc1. The molecule has 0 fully saturated rings. The first-order valence-electron chi connectivity index (χ1n) is 7.16. The number of carbonyl (C=O) groups is 2. The van der Waals surface area contributed by atoms with Gasteiger partial charge in [-0.1, -0.05) is 26.0 Å². The minimum absolute atomic E-state index is 0.0121. The fourth-order valence-corrected chi connectivity index (χ4v) is 1.49. The summed E-state index contributed by atoms with van der Waals surface area (Å²) in [5.74, 6) is -0.201. The van der Waals surface area contributed by atoms with Crippen LogP contribution in [0.5, 0.6) is 0 Å². The molecule has 5 heteroatoms. The first-order chi connectivity index (χ1) is 9.88. The standard InChI is InChI=1S/C16H24N2O3/c1-11(2)16(20)18-14-7-5-13(6-8-14)9-17-15(19)10-21-12(3)4/h5-8,11-12H,9-10H2,1-4H3,(H,17,19)(H,18,20). The van der Waals surface area contributed by atoms with Crippen molar-refractivity contribution >= 4 is 17.5 Å². The van der Waals surface area contributed by atoms with Gasteiger partial charge >= 0.3 is 0 Å². The lowest BCUT2D eigenvalue weighted by molar-refractivity contribution is -0.127.